The van der Waals surface area contributed by atoms with Gasteiger partial charge in [-0.05, 0) is 18.6 Å². The van der Waals surface area contributed by atoms with Gasteiger partial charge >= 0.3 is 0 Å². The van der Waals surface area contributed by atoms with Gasteiger partial charge in [-0.25, -0.2) is 9.97 Å². The molecule has 0 spiro atoms. The third kappa shape index (κ3) is 3.12. The number of rotatable bonds is 3. The van der Waals surface area contributed by atoms with E-state index >= 15 is 0 Å². The van der Waals surface area contributed by atoms with E-state index in [1.54, 1.807) is 6.07 Å². The molecule has 0 atom stereocenters. The van der Waals surface area contributed by atoms with Crippen molar-refractivity contribution < 1.29 is 0 Å². The highest BCUT2D eigenvalue weighted by molar-refractivity contribution is 6.31. The summed E-state index contributed by atoms with van der Waals surface area (Å²) < 4.78 is 0. The van der Waals surface area contributed by atoms with Crippen molar-refractivity contribution in [1.29, 1.82) is 0 Å². The van der Waals surface area contributed by atoms with Crippen LogP contribution in [0.3, 0.4) is 0 Å². The highest BCUT2D eigenvalue weighted by Gasteiger charge is 2.08. The van der Waals surface area contributed by atoms with Gasteiger partial charge in [-0.2, -0.15) is 0 Å². The Kier molecular flexibility index (Phi) is 4.04. The third-order valence-electron chi connectivity index (χ3n) is 2.55. The first-order chi connectivity index (χ1) is 8.56. The normalized spacial score (nSPS) is 10.4. The molecule has 1 aromatic heterocycles. The molecule has 0 radical (unpaired) electrons. The average molecular weight is 282 g/mol. The molecule has 0 aliphatic rings. The first kappa shape index (κ1) is 13.1. The standard InChI is InChI=1S/C13H13Cl2N3/c1-9-16-12(15)7-13(17-9)18(2)8-10-5-3-4-6-11(10)14/h3-7H,8H2,1-2H3. The van der Waals surface area contributed by atoms with E-state index in [1.165, 1.54) is 0 Å². The summed E-state index contributed by atoms with van der Waals surface area (Å²) >= 11 is 12.1. The second kappa shape index (κ2) is 5.55. The van der Waals surface area contributed by atoms with Crippen molar-refractivity contribution >= 4 is 29.0 Å². The minimum atomic E-state index is 0.448. The molecule has 2 rings (SSSR count). The smallest absolute Gasteiger partial charge is 0.134 e. The molecular formula is C13H13Cl2N3. The molecule has 0 bridgehead atoms. The fraction of sp³-hybridized carbons (Fsp3) is 0.231. The second-order valence-electron chi connectivity index (χ2n) is 4.04. The van der Waals surface area contributed by atoms with E-state index in [-0.39, 0.29) is 0 Å². The van der Waals surface area contributed by atoms with Gasteiger partial charge in [-0.1, -0.05) is 41.4 Å². The summed E-state index contributed by atoms with van der Waals surface area (Å²) in [6.45, 7) is 2.49. The zero-order valence-corrected chi connectivity index (χ0v) is 11.7. The Bertz CT molecular complexity index is 537. The van der Waals surface area contributed by atoms with Gasteiger partial charge in [-0.3, -0.25) is 0 Å². The molecular weight excluding hydrogens is 269 g/mol. The van der Waals surface area contributed by atoms with Gasteiger partial charge in [0.25, 0.3) is 0 Å². The Morgan fingerprint density at radius 3 is 2.56 bits per heavy atom. The van der Waals surface area contributed by atoms with Crippen LogP contribution in [-0.4, -0.2) is 17.0 Å². The molecule has 0 saturated heterocycles. The number of halogens is 2. The molecule has 2 aromatic rings. The van der Waals surface area contributed by atoms with E-state index in [4.69, 9.17) is 23.2 Å². The average Bonchev–Trinajstić information content (AvgIpc) is 2.31. The lowest BCUT2D eigenvalue weighted by Crippen LogP contribution is -2.18. The Hall–Kier alpha value is -1.32. The van der Waals surface area contributed by atoms with E-state index in [0.717, 1.165) is 16.4 Å². The monoisotopic (exact) mass is 281 g/mol. The Balaban J connectivity index is 2.22. The van der Waals surface area contributed by atoms with Crippen molar-refractivity contribution in [3.63, 3.8) is 0 Å². The summed E-state index contributed by atoms with van der Waals surface area (Å²) in [5.74, 6) is 1.44. The molecule has 0 N–H and O–H groups in total. The number of benzene rings is 1. The topological polar surface area (TPSA) is 29.0 Å². The van der Waals surface area contributed by atoms with Crippen LogP contribution in [0.15, 0.2) is 30.3 Å². The number of hydrogen-bond donors (Lipinski definition) is 0. The Morgan fingerprint density at radius 2 is 1.89 bits per heavy atom. The SMILES string of the molecule is Cc1nc(Cl)cc(N(C)Cc2ccccc2Cl)n1. The van der Waals surface area contributed by atoms with E-state index in [0.29, 0.717) is 17.5 Å². The van der Waals surface area contributed by atoms with Gasteiger partial charge in [0.15, 0.2) is 0 Å². The van der Waals surface area contributed by atoms with Crippen molar-refractivity contribution in [2.75, 3.05) is 11.9 Å². The van der Waals surface area contributed by atoms with E-state index in [1.807, 2.05) is 43.1 Å². The molecule has 94 valence electrons. The van der Waals surface area contributed by atoms with Gasteiger partial charge in [0.05, 0.1) is 0 Å². The quantitative estimate of drug-likeness (QED) is 0.803. The molecule has 0 fully saturated rings. The fourth-order valence-electron chi connectivity index (χ4n) is 1.68. The molecule has 1 aromatic carbocycles. The van der Waals surface area contributed by atoms with Gasteiger partial charge in [0.2, 0.25) is 0 Å². The highest BCUT2D eigenvalue weighted by Crippen LogP contribution is 2.20. The second-order valence-corrected chi connectivity index (χ2v) is 4.84. The maximum absolute atomic E-state index is 6.13. The van der Waals surface area contributed by atoms with Crippen LogP contribution in [0, 0.1) is 6.92 Å². The molecule has 0 unspecified atom stereocenters. The number of aryl methyl sites for hydroxylation is 1. The molecule has 18 heavy (non-hydrogen) atoms. The Labute approximate surface area is 116 Å². The summed E-state index contributed by atoms with van der Waals surface area (Å²) in [7, 11) is 1.95. The maximum Gasteiger partial charge on any atom is 0.134 e. The number of anilines is 1. The Morgan fingerprint density at radius 1 is 1.17 bits per heavy atom. The zero-order valence-electron chi connectivity index (χ0n) is 10.2. The summed E-state index contributed by atoms with van der Waals surface area (Å²) in [4.78, 5) is 10.4. The van der Waals surface area contributed by atoms with Crippen LogP contribution in [-0.2, 0) is 6.54 Å². The van der Waals surface area contributed by atoms with Gasteiger partial charge < -0.3 is 4.90 Å². The number of aromatic nitrogens is 2. The van der Waals surface area contributed by atoms with Crippen molar-refractivity contribution in [2.24, 2.45) is 0 Å². The van der Waals surface area contributed by atoms with E-state index in [9.17, 15) is 0 Å². The lowest BCUT2D eigenvalue weighted by Gasteiger charge is -2.19. The van der Waals surface area contributed by atoms with Crippen LogP contribution in [0.25, 0.3) is 0 Å². The van der Waals surface area contributed by atoms with E-state index in [2.05, 4.69) is 9.97 Å². The van der Waals surface area contributed by atoms with Crippen molar-refractivity contribution in [1.82, 2.24) is 9.97 Å². The number of nitrogens with zero attached hydrogens (tertiary/aromatic N) is 3. The fourth-order valence-corrected chi connectivity index (χ4v) is 2.09. The first-order valence-corrected chi connectivity index (χ1v) is 6.27. The predicted octanol–water partition coefficient (Wildman–Crippen LogP) is 3.73. The minimum absolute atomic E-state index is 0.448. The third-order valence-corrected chi connectivity index (χ3v) is 3.11. The molecule has 3 nitrogen and oxygen atoms in total. The lowest BCUT2D eigenvalue weighted by atomic mass is 10.2. The first-order valence-electron chi connectivity index (χ1n) is 5.52. The van der Waals surface area contributed by atoms with Crippen molar-refractivity contribution in [2.45, 2.75) is 13.5 Å². The summed E-state index contributed by atoms with van der Waals surface area (Å²) in [5.41, 5.74) is 1.05. The molecule has 0 aliphatic carbocycles. The molecule has 0 saturated carbocycles. The van der Waals surface area contributed by atoms with Crippen LogP contribution in [0.2, 0.25) is 10.2 Å². The zero-order chi connectivity index (χ0) is 13.1. The van der Waals surface area contributed by atoms with Crippen molar-refractivity contribution in [3.05, 3.63) is 51.9 Å². The van der Waals surface area contributed by atoms with Crippen LogP contribution < -0.4 is 4.90 Å². The van der Waals surface area contributed by atoms with E-state index < -0.39 is 0 Å². The molecule has 0 amide bonds. The molecule has 0 aliphatic heterocycles. The van der Waals surface area contributed by atoms with Gasteiger partial charge in [-0.15, -0.1) is 0 Å². The number of hydrogen-bond acceptors (Lipinski definition) is 3. The van der Waals surface area contributed by atoms with Gasteiger partial charge in [0.1, 0.15) is 16.8 Å². The van der Waals surface area contributed by atoms with Crippen molar-refractivity contribution in [3.8, 4) is 0 Å². The summed E-state index contributed by atoms with van der Waals surface area (Å²) in [6.07, 6.45) is 0. The van der Waals surface area contributed by atoms with Gasteiger partial charge in [0, 0.05) is 24.7 Å². The van der Waals surface area contributed by atoms with Crippen LogP contribution in [0.5, 0.6) is 0 Å². The van der Waals surface area contributed by atoms with Crippen LogP contribution in [0.4, 0.5) is 5.82 Å². The minimum Gasteiger partial charge on any atom is -0.355 e. The largest absolute Gasteiger partial charge is 0.355 e. The lowest BCUT2D eigenvalue weighted by molar-refractivity contribution is 0.879. The molecule has 5 heteroatoms. The maximum atomic E-state index is 6.13. The highest BCUT2D eigenvalue weighted by atomic mass is 35.5. The predicted molar refractivity (Wildman–Crippen MR) is 75.3 cm³/mol. The molecule has 1 heterocycles. The summed E-state index contributed by atoms with van der Waals surface area (Å²) in [6, 6.07) is 9.49. The summed E-state index contributed by atoms with van der Waals surface area (Å²) in [5, 5.41) is 1.20. The van der Waals surface area contributed by atoms with Crippen LogP contribution in [0.1, 0.15) is 11.4 Å². The van der Waals surface area contributed by atoms with Crippen LogP contribution >= 0.6 is 23.2 Å².